The van der Waals surface area contributed by atoms with Gasteiger partial charge in [0.05, 0.1) is 18.8 Å². The third kappa shape index (κ3) is 7.16. The molecule has 12 heteroatoms. The molecule has 2 rings (SSSR count). The van der Waals surface area contributed by atoms with E-state index in [0.717, 1.165) is 10.8 Å². The van der Waals surface area contributed by atoms with Gasteiger partial charge in [-0.05, 0) is 38.5 Å². The van der Waals surface area contributed by atoms with E-state index >= 15 is 0 Å². The molecule has 1 heterocycles. The second kappa shape index (κ2) is 10.5. The lowest BCUT2D eigenvalue weighted by Crippen LogP contribution is -2.36. The summed E-state index contributed by atoms with van der Waals surface area (Å²) in [6.07, 6.45) is 0.204. The normalized spacial score (nSPS) is 14.1. The van der Waals surface area contributed by atoms with E-state index < -0.39 is 36.6 Å². The summed E-state index contributed by atoms with van der Waals surface area (Å²) in [6.45, 7) is 4.90. The average Bonchev–Trinajstić information content (AvgIpc) is 2.67. The van der Waals surface area contributed by atoms with Crippen molar-refractivity contribution in [2.45, 2.75) is 39.5 Å². The maximum absolute atomic E-state index is 13.4. The van der Waals surface area contributed by atoms with E-state index in [4.69, 9.17) is 14.0 Å². The summed E-state index contributed by atoms with van der Waals surface area (Å²) in [7, 11) is -2.27. The Balaban J connectivity index is 2.12. The van der Waals surface area contributed by atoms with Crippen LogP contribution in [0, 0.1) is 5.82 Å². The summed E-state index contributed by atoms with van der Waals surface area (Å²) in [6, 6.07) is 5.27. The number of halogens is 1. The molecule has 1 aromatic heterocycles. The molecule has 170 valence electrons. The number of rotatable bonds is 10. The Bertz CT molecular complexity index is 1070. The number of nitrogens with zero attached hydrogens (tertiary/aromatic N) is 1. The van der Waals surface area contributed by atoms with Crippen molar-refractivity contribution in [3.8, 4) is 5.75 Å². The molecule has 2 N–H and O–H groups in total. The van der Waals surface area contributed by atoms with Crippen molar-refractivity contribution in [2.75, 3.05) is 13.5 Å². The monoisotopic (exact) mass is 457 g/mol. The summed E-state index contributed by atoms with van der Waals surface area (Å²) in [5, 5.41) is 2.63. The number of hydrogen-bond acceptors (Lipinski definition) is 7. The van der Waals surface area contributed by atoms with Gasteiger partial charge in [0.25, 0.3) is 5.56 Å². The molecule has 0 radical (unpaired) electrons. The largest absolute Gasteiger partial charge is 0.462 e. The molecule has 10 nitrogen and oxygen atoms in total. The zero-order valence-electron chi connectivity index (χ0n) is 17.6. The maximum atomic E-state index is 13.4. The number of benzene rings is 1. The average molecular weight is 457 g/mol. The number of aromatic amines is 1. The van der Waals surface area contributed by atoms with Crippen LogP contribution in [0.1, 0.15) is 26.3 Å². The standard InChI is InChI=1S/C19H25FN3O7P/c1-12(2)29-18(25)13(3)22-31(27,11-28-4)30-15-7-5-14(6-8-15)9-23-10-16(20)17(24)21-19(23)26/h5-8,10,12-13H,9,11H2,1-4H3,(H,22,27)(H,21,24,26). The third-order valence-corrected chi connectivity index (χ3v) is 5.78. The smallest absolute Gasteiger partial charge is 0.342 e. The van der Waals surface area contributed by atoms with E-state index in [-0.39, 0.29) is 24.7 Å². The first-order valence-electron chi connectivity index (χ1n) is 9.37. The molecule has 0 saturated carbocycles. The SMILES string of the molecule is COCP(=O)(NC(C)C(=O)OC(C)C)Oc1ccc(Cn2cc(F)c(=O)[nH]c2=O)cc1. The molecule has 0 aliphatic carbocycles. The van der Waals surface area contributed by atoms with Crippen LogP contribution in [0.5, 0.6) is 5.75 Å². The van der Waals surface area contributed by atoms with Gasteiger partial charge >= 0.3 is 19.2 Å². The Morgan fingerprint density at radius 1 is 1.23 bits per heavy atom. The zero-order chi connectivity index (χ0) is 23.2. The second-order valence-corrected chi connectivity index (χ2v) is 9.07. The highest BCUT2D eigenvalue weighted by Gasteiger charge is 2.30. The number of H-pyrrole nitrogens is 1. The van der Waals surface area contributed by atoms with Gasteiger partial charge in [-0.25, -0.2) is 9.88 Å². The number of carbonyl (C=O) groups is 1. The highest BCUT2D eigenvalue weighted by atomic mass is 31.2. The van der Waals surface area contributed by atoms with Crippen molar-refractivity contribution in [3.05, 3.63) is 62.7 Å². The molecule has 0 aliphatic heterocycles. The first kappa shape index (κ1) is 24.5. The van der Waals surface area contributed by atoms with Crippen LogP contribution in [0.4, 0.5) is 4.39 Å². The molecule has 2 aromatic rings. The minimum atomic E-state index is -3.61. The molecule has 31 heavy (non-hydrogen) atoms. The van der Waals surface area contributed by atoms with Crippen LogP contribution in [-0.4, -0.2) is 41.1 Å². The van der Waals surface area contributed by atoms with Crippen LogP contribution in [0.25, 0.3) is 0 Å². The summed E-state index contributed by atoms with van der Waals surface area (Å²) in [5.74, 6) is -1.43. The van der Waals surface area contributed by atoms with Crippen molar-refractivity contribution in [2.24, 2.45) is 0 Å². The van der Waals surface area contributed by atoms with Crippen molar-refractivity contribution in [1.82, 2.24) is 14.6 Å². The summed E-state index contributed by atoms with van der Waals surface area (Å²) >= 11 is 0. The number of esters is 1. The molecule has 0 saturated heterocycles. The number of aromatic nitrogens is 2. The fraction of sp³-hybridized carbons (Fsp3) is 0.421. The topological polar surface area (TPSA) is 129 Å². The molecule has 0 bridgehead atoms. The molecular weight excluding hydrogens is 432 g/mol. The summed E-state index contributed by atoms with van der Waals surface area (Å²) < 4.78 is 43.1. The van der Waals surface area contributed by atoms with Gasteiger partial charge in [0.2, 0.25) is 5.82 Å². The van der Waals surface area contributed by atoms with Gasteiger partial charge in [-0.3, -0.25) is 23.7 Å². The van der Waals surface area contributed by atoms with E-state index in [0.29, 0.717) is 5.56 Å². The van der Waals surface area contributed by atoms with Crippen LogP contribution in [0.15, 0.2) is 40.1 Å². The Morgan fingerprint density at radius 2 is 1.87 bits per heavy atom. The minimum absolute atomic E-state index is 0.00112. The van der Waals surface area contributed by atoms with Gasteiger partial charge in [-0.15, -0.1) is 0 Å². The Kier molecular flexibility index (Phi) is 8.32. The van der Waals surface area contributed by atoms with Gasteiger partial charge < -0.3 is 14.0 Å². The second-order valence-electron chi connectivity index (χ2n) is 7.03. The highest BCUT2D eigenvalue weighted by molar-refractivity contribution is 7.57. The first-order chi connectivity index (χ1) is 14.5. The van der Waals surface area contributed by atoms with E-state index in [9.17, 15) is 23.3 Å². The van der Waals surface area contributed by atoms with Crippen molar-refractivity contribution in [3.63, 3.8) is 0 Å². The summed E-state index contributed by atoms with van der Waals surface area (Å²) in [4.78, 5) is 36.8. The van der Waals surface area contributed by atoms with Crippen molar-refractivity contribution < 1.29 is 27.7 Å². The Morgan fingerprint density at radius 3 is 2.45 bits per heavy atom. The fourth-order valence-electron chi connectivity index (χ4n) is 2.56. The van der Waals surface area contributed by atoms with Gasteiger partial charge in [0, 0.05) is 7.11 Å². The molecule has 1 aromatic carbocycles. The predicted molar refractivity (Wildman–Crippen MR) is 111 cm³/mol. The Hall–Kier alpha value is -2.75. The molecule has 0 fully saturated rings. The lowest BCUT2D eigenvalue weighted by atomic mass is 10.2. The minimum Gasteiger partial charge on any atom is -0.462 e. The number of methoxy groups -OCH3 is 1. The molecule has 0 amide bonds. The van der Waals surface area contributed by atoms with Gasteiger partial charge in [-0.1, -0.05) is 12.1 Å². The first-order valence-corrected chi connectivity index (χ1v) is 11.2. The molecule has 0 aliphatic rings. The predicted octanol–water partition coefficient (Wildman–Crippen LogP) is 1.83. The zero-order valence-corrected chi connectivity index (χ0v) is 18.5. The lowest BCUT2D eigenvalue weighted by Gasteiger charge is -2.23. The number of hydrogen-bond donors (Lipinski definition) is 2. The molecule has 2 atom stereocenters. The van der Waals surface area contributed by atoms with Crippen LogP contribution in [0.3, 0.4) is 0 Å². The maximum Gasteiger partial charge on any atom is 0.342 e. The van der Waals surface area contributed by atoms with Crippen molar-refractivity contribution >= 4 is 13.5 Å². The number of ether oxygens (including phenoxy) is 2. The van der Waals surface area contributed by atoms with Gasteiger partial charge in [0.1, 0.15) is 18.1 Å². The highest BCUT2D eigenvalue weighted by Crippen LogP contribution is 2.43. The van der Waals surface area contributed by atoms with Crippen LogP contribution >= 0.6 is 7.52 Å². The van der Waals surface area contributed by atoms with E-state index in [1.54, 1.807) is 26.0 Å². The van der Waals surface area contributed by atoms with Crippen molar-refractivity contribution in [1.29, 1.82) is 0 Å². The van der Waals surface area contributed by atoms with Crippen LogP contribution in [-0.2, 0) is 25.4 Å². The van der Waals surface area contributed by atoms with E-state index in [1.165, 1.54) is 26.2 Å². The fourth-order valence-corrected chi connectivity index (χ4v) is 4.24. The molecular formula is C19H25FN3O7P. The number of carbonyl (C=O) groups excluding carboxylic acids is 1. The molecule has 2 unspecified atom stereocenters. The van der Waals surface area contributed by atoms with Gasteiger partial charge in [-0.2, -0.15) is 4.39 Å². The van der Waals surface area contributed by atoms with E-state index in [1.807, 2.05) is 4.98 Å². The quantitative estimate of drug-likeness (QED) is 0.409. The van der Waals surface area contributed by atoms with Crippen LogP contribution in [0.2, 0.25) is 0 Å². The third-order valence-electron chi connectivity index (χ3n) is 3.89. The van der Waals surface area contributed by atoms with Crippen LogP contribution < -0.4 is 20.9 Å². The summed E-state index contributed by atoms with van der Waals surface area (Å²) in [5.41, 5.74) is -1.23. The number of nitrogens with one attached hydrogen (secondary N) is 2. The Labute approximate surface area is 177 Å². The van der Waals surface area contributed by atoms with Gasteiger partial charge in [0.15, 0.2) is 0 Å². The van der Waals surface area contributed by atoms with E-state index in [2.05, 4.69) is 5.09 Å². The molecule has 0 spiro atoms. The lowest BCUT2D eigenvalue weighted by molar-refractivity contribution is -0.149.